The van der Waals surface area contributed by atoms with Gasteiger partial charge >= 0.3 is 0 Å². The average molecular weight is 293 g/mol. The summed E-state index contributed by atoms with van der Waals surface area (Å²) in [4.78, 5) is 4.48. The second kappa shape index (κ2) is 4.79. The summed E-state index contributed by atoms with van der Waals surface area (Å²) in [6, 6.07) is 18.0. The third-order valence-corrected chi connectivity index (χ3v) is 3.80. The normalized spacial score (nSPS) is 11.1. The third-order valence-electron chi connectivity index (χ3n) is 3.55. The Balaban J connectivity index is 2.13. The SMILES string of the molecule is Clc1ccc(-c2ncn[n+]3ccc4ccccc4c23)cc1. The summed E-state index contributed by atoms with van der Waals surface area (Å²) in [6.07, 6.45) is 3.53. The monoisotopic (exact) mass is 292 g/mol. The van der Waals surface area contributed by atoms with Crippen molar-refractivity contribution in [3.8, 4) is 11.3 Å². The molecule has 0 amide bonds. The quantitative estimate of drug-likeness (QED) is 0.396. The van der Waals surface area contributed by atoms with Crippen molar-refractivity contribution in [2.45, 2.75) is 0 Å². The number of aromatic nitrogens is 3. The highest BCUT2D eigenvalue weighted by Gasteiger charge is 2.16. The molecule has 4 aromatic rings. The summed E-state index contributed by atoms with van der Waals surface area (Å²) < 4.78 is 1.86. The van der Waals surface area contributed by atoms with E-state index in [1.807, 2.05) is 47.1 Å². The summed E-state index contributed by atoms with van der Waals surface area (Å²) in [5.41, 5.74) is 2.92. The van der Waals surface area contributed by atoms with Crippen LogP contribution >= 0.6 is 11.6 Å². The minimum atomic E-state index is 0.717. The van der Waals surface area contributed by atoms with E-state index in [9.17, 15) is 0 Å². The zero-order valence-corrected chi connectivity index (χ0v) is 11.8. The van der Waals surface area contributed by atoms with Crippen LogP contribution in [0, 0.1) is 0 Å². The predicted molar refractivity (Wildman–Crippen MR) is 83.1 cm³/mol. The van der Waals surface area contributed by atoms with Crippen molar-refractivity contribution in [3.05, 3.63) is 72.1 Å². The van der Waals surface area contributed by atoms with Gasteiger partial charge in [0.25, 0.3) is 5.52 Å². The molecule has 0 bridgehead atoms. The molecular weight excluding hydrogens is 282 g/mol. The Labute approximate surface area is 126 Å². The molecule has 2 heterocycles. The molecule has 0 aliphatic carbocycles. The minimum absolute atomic E-state index is 0.717. The lowest BCUT2D eigenvalue weighted by Crippen LogP contribution is -2.27. The fourth-order valence-electron chi connectivity index (χ4n) is 2.56. The van der Waals surface area contributed by atoms with Gasteiger partial charge in [0.05, 0.1) is 5.39 Å². The van der Waals surface area contributed by atoms with E-state index in [4.69, 9.17) is 11.6 Å². The van der Waals surface area contributed by atoms with Gasteiger partial charge in [-0.15, -0.1) is 0 Å². The van der Waals surface area contributed by atoms with Crippen LogP contribution in [0.25, 0.3) is 27.5 Å². The summed E-state index contributed by atoms with van der Waals surface area (Å²) in [5, 5.41) is 7.33. The van der Waals surface area contributed by atoms with E-state index in [0.717, 1.165) is 27.2 Å². The number of nitrogens with zero attached hydrogens (tertiary/aromatic N) is 3. The largest absolute Gasteiger partial charge is 0.272 e. The van der Waals surface area contributed by atoms with Crippen LogP contribution in [0.1, 0.15) is 0 Å². The van der Waals surface area contributed by atoms with Gasteiger partial charge < -0.3 is 0 Å². The molecule has 4 heteroatoms. The van der Waals surface area contributed by atoms with Crippen LogP contribution < -0.4 is 4.52 Å². The molecule has 0 unspecified atom stereocenters. The van der Waals surface area contributed by atoms with Crippen LogP contribution in [-0.4, -0.2) is 10.1 Å². The van der Waals surface area contributed by atoms with E-state index in [1.165, 1.54) is 5.39 Å². The number of hydrogen-bond donors (Lipinski definition) is 0. The lowest BCUT2D eigenvalue weighted by molar-refractivity contribution is -0.580. The van der Waals surface area contributed by atoms with E-state index >= 15 is 0 Å². The first-order valence-electron chi connectivity index (χ1n) is 6.63. The molecule has 4 rings (SSSR count). The smallest absolute Gasteiger partial charge is 0.223 e. The minimum Gasteiger partial charge on any atom is -0.223 e. The zero-order valence-electron chi connectivity index (χ0n) is 11.1. The molecule has 0 saturated heterocycles. The van der Waals surface area contributed by atoms with Crippen LogP contribution in [-0.2, 0) is 0 Å². The van der Waals surface area contributed by atoms with Crippen molar-refractivity contribution >= 4 is 27.9 Å². The van der Waals surface area contributed by atoms with Crippen LogP contribution in [0.15, 0.2) is 67.1 Å². The van der Waals surface area contributed by atoms with Crippen molar-refractivity contribution in [3.63, 3.8) is 0 Å². The lowest BCUT2D eigenvalue weighted by Gasteiger charge is -2.03. The van der Waals surface area contributed by atoms with Gasteiger partial charge in [0.1, 0.15) is 5.69 Å². The maximum Gasteiger partial charge on any atom is 0.272 e. The first-order valence-corrected chi connectivity index (χ1v) is 7.01. The fraction of sp³-hybridized carbons (Fsp3) is 0. The predicted octanol–water partition coefficient (Wildman–Crippen LogP) is 3.69. The van der Waals surface area contributed by atoms with Crippen LogP contribution in [0.2, 0.25) is 5.02 Å². The van der Waals surface area contributed by atoms with Gasteiger partial charge in [0.2, 0.25) is 6.20 Å². The molecule has 0 spiro atoms. The number of fused-ring (bicyclic) bond motifs is 3. The first kappa shape index (κ1) is 12.2. The molecule has 0 atom stereocenters. The number of halogens is 1. The summed E-state index contributed by atoms with van der Waals surface area (Å²) >= 11 is 5.97. The van der Waals surface area contributed by atoms with Gasteiger partial charge in [-0.05, 0) is 28.1 Å². The van der Waals surface area contributed by atoms with Gasteiger partial charge in [-0.25, -0.2) is 4.98 Å². The number of benzene rings is 2. The highest BCUT2D eigenvalue weighted by molar-refractivity contribution is 6.30. The maximum atomic E-state index is 5.97. The third kappa shape index (κ3) is 2.03. The van der Waals surface area contributed by atoms with Crippen molar-refractivity contribution in [2.24, 2.45) is 0 Å². The fourth-order valence-corrected chi connectivity index (χ4v) is 2.68. The molecule has 2 aromatic carbocycles. The van der Waals surface area contributed by atoms with Crippen LogP contribution in [0.5, 0.6) is 0 Å². The van der Waals surface area contributed by atoms with Crippen molar-refractivity contribution in [1.82, 2.24) is 10.1 Å². The number of hydrogen-bond acceptors (Lipinski definition) is 2. The Kier molecular flexibility index (Phi) is 2.79. The average Bonchev–Trinajstić information content (AvgIpc) is 2.55. The Bertz CT molecular complexity index is 949. The lowest BCUT2D eigenvalue weighted by atomic mass is 10.1. The van der Waals surface area contributed by atoms with Gasteiger partial charge in [-0.3, -0.25) is 0 Å². The van der Waals surface area contributed by atoms with E-state index in [1.54, 1.807) is 6.33 Å². The van der Waals surface area contributed by atoms with Crippen LogP contribution in [0.3, 0.4) is 0 Å². The molecule has 0 fully saturated rings. The Morgan fingerprint density at radius 1 is 0.905 bits per heavy atom. The van der Waals surface area contributed by atoms with Gasteiger partial charge in [0.15, 0.2) is 6.33 Å². The highest BCUT2D eigenvalue weighted by atomic mass is 35.5. The molecule has 0 radical (unpaired) electrons. The molecule has 2 aromatic heterocycles. The van der Waals surface area contributed by atoms with Gasteiger partial charge in [0, 0.05) is 21.8 Å². The Hall–Kier alpha value is -2.52. The standard InChI is InChI=1S/C17H11ClN3/c18-14-7-5-13(6-8-14)16-17-15-4-2-1-3-12(15)9-10-21(17)20-11-19-16/h1-11H/q+1. The van der Waals surface area contributed by atoms with E-state index in [2.05, 4.69) is 28.3 Å². The van der Waals surface area contributed by atoms with E-state index in [0.29, 0.717) is 0 Å². The summed E-state index contributed by atoms with van der Waals surface area (Å²) in [7, 11) is 0. The molecule has 0 saturated carbocycles. The number of pyridine rings is 1. The second-order valence-electron chi connectivity index (χ2n) is 4.81. The molecule has 0 aliphatic heterocycles. The van der Waals surface area contributed by atoms with Crippen molar-refractivity contribution in [1.29, 1.82) is 0 Å². The Morgan fingerprint density at radius 2 is 1.71 bits per heavy atom. The molecule has 0 aliphatic rings. The van der Waals surface area contributed by atoms with E-state index < -0.39 is 0 Å². The molecule has 100 valence electrons. The summed E-state index contributed by atoms with van der Waals surface area (Å²) in [6.45, 7) is 0. The summed E-state index contributed by atoms with van der Waals surface area (Å²) in [5.74, 6) is 0. The second-order valence-corrected chi connectivity index (χ2v) is 5.25. The highest BCUT2D eigenvalue weighted by Crippen LogP contribution is 2.26. The first-order chi connectivity index (χ1) is 10.3. The number of rotatable bonds is 1. The molecular formula is C17H11ClN3+. The molecule has 21 heavy (non-hydrogen) atoms. The van der Waals surface area contributed by atoms with Crippen molar-refractivity contribution in [2.75, 3.05) is 0 Å². The van der Waals surface area contributed by atoms with Crippen LogP contribution in [0.4, 0.5) is 0 Å². The maximum absolute atomic E-state index is 5.97. The van der Waals surface area contributed by atoms with E-state index in [-0.39, 0.29) is 0 Å². The molecule has 0 N–H and O–H groups in total. The zero-order chi connectivity index (χ0) is 14.2. The van der Waals surface area contributed by atoms with Gasteiger partial charge in [-0.2, -0.15) is 0 Å². The van der Waals surface area contributed by atoms with Crippen molar-refractivity contribution < 1.29 is 4.52 Å². The van der Waals surface area contributed by atoms with Gasteiger partial charge in [-0.1, -0.05) is 41.9 Å². The topological polar surface area (TPSA) is 29.9 Å². The Morgan fingerprint density at radius 3 is 2.57 bits per heavy atom. The molecule has 3 nitrogen and oxygen atoms in total.